The van der Waals surface area contributed by atoms with Crippen LogP contribution in [-0.4, -0.2) is 4.98 Å². The van der Waals surface area contributed by atoms with Crippen molar-refractivity contribution < 1.29 is 0 Å². The largest absolute Gasteiger partial charge is 0.340 e. The molecule has 90 valence electrons. The van der Waals surface area contributed by atoms with Crippen molar-refractivity contribution in [2.75, 3.05) is 5.32 Å². The number of nitrogens with one attached hydrogen (secondary N) is 1. The second-order valence-corrected chi connectivity index (χ2v) is 4.74. The number of halogens is 1. The molecule has 0 bridgehead atoms. The van der Waals surface area contributed by atoms with Crippen molar-refractivity contribution in [3.05, 3.63) is 52.1 Å². The number of aryl methyl sites for hydroxylation is 1. The minimum absolute atomic E-state index is 0.600. The molecule has 0 spiro atoms. The molecule has 0 radical (unpaired) electrons. The molecule has 1 aromatic heterocycles. The first-order valence-electron chi connectivity index (χ1n) is 5.64. The Morgan fingerprint density at radius 1 is 1.33 bits per heavy atom. The summed E-state index contributed by atoms with van der Waals surface area (Å²) in [6.45, 7) is 2.10. The molecule has 18 heavy (non-hydrogen) atoms. The Labute approximate surface area is 115 Å². The van der Waals surface area contributed by atoms with Gasteiger partial charge in [0.05, 0.1) is 11.6 Å². The molecule has 3 nitrogen and oxygen atoms in total. The van der Waals surface area contributed by atoms with Gasteiger partial charge in [0.1, 0.15) is 5.82 Å². The molecule has 0 saturated heterocycles. The summed E-state index contributed by atoms with van der Waals surface area (Å²) in [7, 11) is 0. The number of pyridine rings is 1. The zero-order chi connectivity index (χ0) is 13.0. The maximum atomic E-state index is 8.85. The lowest BCUT2D eigenvalue weighted by molar-refractivity contribution is 1.13. The lowest BCUT2D eigenvalue weighted by Crippen LogP contribution is -1.97. The Bertz CT molecular complexity index is 602. The van der Waals surface area contributed by atoms with E-state index >= 15 is 0 Å². The molecule has 0 fully saturated rings. The van der Waals surface area contributed by atoms with Gasteiger partial charge in [0.2, 0.25) is 0 Å². The molecule has 1 N–H and O–H groups in total. The predicted molar refractivity (Wildman–Crippen MR) is 75.8 cm³/mol. The van der Waals surface area contributed by atoms with Gasteiger partial charge in [0.25, 0.3) is 0 Å². The van der Waals surface area contributed by atoms with E-state index in [0.717, 1.165) is 16.6 Å². The number of anilines is 2. The van der Waals surface area contributed by atoms with Gasteiger partial charge in [0, 0.05) is 16.4 Å². The van der Waals surface area contributed by atoms with E-state index in [0.29, 0.717) is 11.4 Å². The van der Waals surface area contributed by atoms with Crippen molar-refractivity contribution in [3.63, 3.8) is 0 Å². The first-order valence-corrected chi connectivity index (χ1v) is 6.44. The zero-order valence-electron chi connectivity index (χ0n) is 9.94. The number of hydrogen-bond acceptors (Lipinski definition) is 3. The number of nitriles is 1. The highest BCUT2D eigenvalue weighted by molar-refractivity contribution is 9.10. The Hall–Kier alpha value is -1.86. The van der Waals surface area contributed by atoms with Crippen molar-refractivity contribution in [2.45, 2.75) is 13.3 Å². The highest BCUT2D eigenvalue weighted by Crippen LogP contribution is 2.24. The molecule has 0 saturated carbocycles. The summed E-state index contributed by atoms with van der Waals surface area (Å²) in [5.41, 5.74) is 2.82. The molecular formula is C14H12BrN3. The Morgan fingerprint density at radius 2 is 2.17 bits per heavy atom. The second-order valence-electron chi connectivity index (χ2n) is 3.82. The summed E-state index contributed by atoms with van der Waals surface area (Å²) in [4.78, 5) is 4.21. The smallest absolute Gasteiger partial charge is 0.131 e. The van der Waals surface area contributed by atoms with Crippen LogP contribution in [0, 0.1) is 11.3 Å². The summed E-state index contributed by atoms with van der Waals surface area (Å²) in [5, 5.41) is 12.1. The number of nitrogens with zero attached hydrogens (tertiary/aromatic N) is 2. The topological polar surface area (TPSA) is 48.7 Å². The highest BCUT2D eigenvalue weighted by Gasteiger charge is 2.03. The summed E-state index contributed by atoms with van der Waals surface area (Å²) in [6, 6.07) is 11.6. The van der Waals surface area contributed by atoms with Crippen LogP contribution in [0.3, 0.4) is 0 Å². The van der Waals surface area contributed by atoms with E-state index in [-0.39, 0.29) is 0 Å². The zero-order valence-corrected chi connectivity index (χ0v) is 11.5. The van der Waals surface area contributed by atoms with Crippen molar-refractivity contribution in [3.8, 4) is 6.07 Å². The highest BCUT2D eigenvalue weighted by atomic mass is 79.9. The minimum atomic E-state index is 0.600. The lowest BCUT2D eigenvalue weighted by atomic mass is 10.1. The van der Waals surface area contributed by atoms with E-state index in [1.54, 1.807) is 18.3 Å². The van der Waals surface area contributed by atoms with Crippen molar-refractivity contribution in [2.24, 2.45) is 0 Å². The van der Waals surface area contributed by atoms with Crippen LogP contribution in [-0.2, 0) is 6.42 Å². The third kappa shape index (κ3) is 2.88. The molecule has 0 amide bonds. The molecular weight excluding hydrogens is 290 g/mol. The van der Waals surface area contributed by atoms with E-state index in [9.17, 15) is 0 Å². The summed E-state index contributed by atoms with van der Waals surface area (Å²) in [5.74, 6) is 0.686. The first kappa shape index (κ1) is 12.6. The van der Waals surface area contributed by atoms with Gasteiger partial charge in [-0.1, -0.05) is 22.9 Å². The van der Waals surface area contributed by atoms with Crippen LogP contribution in [0.5, 0.6) is 0 Å². The van der Waals surface area contributed by atoms with Gasteiger partial charge in [-0.05, 0) is 42.3 Å². The molecule has 4 heteroatoms. The Morgan fingerprint density at radius 3 is 2.89 bits per heavy atom. The van der Waals surface area contributed by atoms with Gasteiger partial charge in [-0.2, -0.15) is 5.26 Å². The number of hydrogen-bond donors (Lipinski definition) is 1. The summed E-state index contributed by atoms with van der Waals surface area (Å²) >= 11 is 3.46. The third-order valence-corrected chi connectivity index (χ3v) is 3.09. The maximum absolute atomic E-state index is 8.85. The molecule has 1 heterocycles. The van der Waals surface area contributed by atoms with Gasteiger partial charge in [-0.3, -0.25) is 0 Å². The van der Waals surface area contributed by atoms with Gasteiger partial charge < -0.3 is 5.32 Å². The van der Waals surface area contributed by atoms with Gasteiger partial charge in [-0.25, -0.2) is 4.98 Å². The fraction of sp³-hybridized carbons (Fsp3) is 0.143. The Balaban J connectivity index is 2.31. The van der Waals surface area contributed by atoms with E-state index in [2.05, 4.69) is 45.3 Å². The van der Waals surface area contributed by atoms with Crippen LogP contribution in [0.2, 0.25) is 0 Å². The van der Waals surface area contributed by atoms with E-state index in [4.69, 9.17) is 5.26 Å². The molecule has 1 aromatic carbocycles. The van der Waals surface area contributed by atoms with E-state index in [1.165, 1.54) is 5.56 Å². The van der Waals surface area contributed by atoms with Crippen molar-refractivity contribution in [1.29, 1.82) is 5.26 Å². The summed E-state index contributed by atoms with van der Waals surface area (Å²) < 4.78 is 1.06. The van der Waals surface area contributed by atoms with Crippen LogP contribution in [0.4, 0.5) is 11.5 Å². The number of aromatic nitrogens is 1. The number of rotatable bonds is 3. The second kappa shape index (κ2) is 5.65. The van der Waals surface area contributed by atoms with E-state index in [1.807, 2.05) is 12.1 Å². The fourth-order valence-corrected chi connectivity index (χ4v) is 2.09. The molecule has 2 rings (SSSR count). The molecule has 0 unspecified atom stereocenters. The van der Waals surface area contributed by atoms with Crippen molar-refractivity contribution >= 4 is 27.4 Å². The van der Waals surface area contributed by atoms with E-state index < -0.39 is 0 Å². The Kier molecular flexibility index (Phi) is 3.96. The molecule has 0 atom stereocenters. The molecule has 0 aliphatic heterocycles. The van der Waals surface area contributed by atoms with Crippen LogP contribution >= 0.6 is 15.9 Å². The third-order valence-electron chi connectivity index (χ3n) is 2.60. The monoisotopic (exact) mass is 301 g/mol. The van der Waals surface area contributed by atoms with Gasteiger partial charge in [-0.15, -0.1) is 0 Å². The predicted octanol–water partition coefficient (Wildman–Crippen LogP) is 4.02. The van der Waals surface area contributed by atoms with Crippen LogP contribution in [0.25, 0.3) is 0 Å². The fourth-order valence-electron chi connectivity index (χ4n) is 1.68. The first-order chi connectivity index (χ1) is 8.72. The lowest BCUT2D eigenvalue weighted by Gasteiger charge is -2.10. The van der Waals surface area contributed by atoms with Crippen LogP contribution in [0.1, 0.15) is 18.1 Å². The molecule has 0 aliphatic carbocycles. The minimum Gasteiger partial charge on any atom is -0.340 e. The number of benzene rings is 1. The quantitative estimate of drug-likeness (QED) is 0.931. The van der Waals surface area contributed by atoms with Crippen LogP contribution in [0.15, 0.2) is 41.0 Å². The van der Waals surface area contributed by atoms with Gasteiger partial charge in [0.15, 0.2) is 0 Å². The summed E-state index contributed by atoms with van der Waals surface area (Å²) in [6.07, 6.45) is 2.56. The SMILES string of the molecule is CCc1cc(Br)ccc1Nc1cc(C#N)ccn1. The maximum Gasteiger partial charge on any atom is 0.131 e. The normalized spacial score (nSPS) is 9.83. The average Bonchev–Trinajstić information content (AvgIpc) is 2.41. The molecule has 2 aromatic rings. The average molecular weight is 302 g/mol. The molecule has 0 aliphatic rings. The van der Waals surface area contributed by atoms with Gasteiger partial charge >= 0.3 is 0 Å². The van der Waals surface area contributed by atoms with Crippen molar-refractivity contribution in [1.82, 2.24) is 4.98 Å². The standard InChI is InChI=1S/C14H12BrN3/c1-2-11-8-12(15)3-4-13(11)18-14-7-10(9-16)5-6-17-14/h3-8H,2H2,1H3,(H,17,18). The van der Waals surface area contributed by atoms with Crippen LogP contribution < -0.4 is 5.32 Å².